The molecule has 2 atom stereocenters. The second-order valence-corrected chi connectivity index (χ2v) is 8.07. The monoisotopic (exact) mass is 392 g/mol. The molecule has 0 amide bonds. The number of carbonyl (C=O) groups is 1. The van der Waals surface area contributed by atoms with E-state index in [2.05, 4.69) is 58.4 Å². The molecule has 1 aliphatic rings. The van der Waals surface area contributed by atoms with E-state index in [-0.39, 0.29) is 17.6 Å². The van der Waals surface area contributed by atoms with Crippen molar-refractivity contribution >= 4 is 16.6 Å². The van der Waals surface area contributed by atoms with Crippen LogP contribution >= 0.6 is 0 Å². The molecule has 30 heavy (non-hydrogen) atoms. The number of Topliss-reactive ketones (excluding diaryl/α,β-unsaturated/α-hetero) is 1. The highest BCUT2D eigenvalue weighted by Crippen LogP contribution is 2.36. The maximum absolute atomic E-state index is 13.8. The number of pyridine rings is 1. The van der Waals surface area contributed by atoms with Crippen molar-refractivity contribution in [3.8, 4) is 0 Å². The lowest BCUT2D eigenvalue weighted by Crippen LogP contribution is -2.24. The Morgan fingerprint density at radius 3 is 2.43 bits per heavy atom. The number of carbonyl (C=O) groups excluding carboxylic acids is 1. The Hall–Kier alpha value is -3.30. The SMILES string of the molecule is O=C(c1cccc2cnccc12)[C@H]1CN(Cc2ccccc2)C[C@@H]1c1ccccc1. The molecule has 0 unspecified atom stereocenters. The van der Waals surface area contributed by atoms with Crippen LogP contribution in [0.15, 0.2) is 97.3 Å². The van der Waals surface area contributed by atoms with E-state index in [1.54, 1.807) is 6.20 Å². The van der Waals surface area contributed by atoms with E-state index in [9.17, 15) is 4.79 Å². The normalized spacial score (nSPS) is 19.2. The minimum atomic E-state index is -0.0603. The third-order valence-corrected chi connectivity index (χ3v) is 6.16. The lowest BCUT2D eigenvalue weighted by molar-refractivity contribution is 0.0915. The molecule has 0 bridgehead atoms. The molecule has 0 aliphatic carbocycles. The minimum Gasteiger partial charge on any atom is -0.298 e. The number of aromatic nitrogens is 1. The van der Waals surface area contributed by atoms with E-state index in [1.165, 1.54) is 11.1 Å². The van der Waals surface area contributed by atoms with E-state index in [0.717, 1.165) is 36.0 Å². The Balaban J connectivity index is 1.49. The number of benzene rings is 3. The molecule has 0 radical (unpaired) electrons. The number of hydrogen-bond donors (Lipinski definition) is 0. The van der Waals surface area contributed by atoms with E-state index in [4.69, 9.17) is 0 Å². The number of ketones is 1. The Bertz CT molecular complexity index is 1150. The average molecular weight is 393 g/mol. The van der Waals surface area contributed by atoms with Crippen molar-refractivity contribution in [3.63, 3.8) is 0 Å². The third kappa shape index (κ3) is 3.64. The number of rotatable bonds is 5. The van der Waals surface area contributed by atoms with Crippen molar-refractivity contribution in [2.45, 2.75) is 12.5 Å². The third-order valence-electron chi connectivity index (χ3n) is 6.16. The number of nitrogens with zero attached hydrogens (tertiary/aromatic N) is 2. The summed E-state index contributed by atoms with van der Waals surface area (Å²) < 4.78 is 0. The first-order valence-corrected chi connectivity index (χ1v) is 10.5. The fourth-order valence-electron chi connectivity index (χ4n) is 4.70. The molecule has 5 rings (SSSR count). The van der Waals surface area contributed by atoms with Gasteiger partial charge in [-0.2, -0.15) is 0 Å². The lowest BCUT2D eigenvalue weighted by atomic mass is 9.83. The van der Waals surface area contributed by atoms with Crippen molar-refractivity contribution in [2.75, 3.05) is 13.1 Å². The van der Waals surface area contributed by atoms with Crippen LogP contribution in [0.5, 0.6) is 0 Å². The summed E-state index contributed by atoms with van der Waals surface area (Å²) in [5.41, 5.74) is 3.34. The summed E-state index contributed by atoms with van der Waals surface area (Å²) in [6, 6.07) is 28.9. The molecular weight excluding hydrogens is 368 g/mol. The largest absolute Gasteiger partial charge is 0.298 e. The average Bonchev–Trinajstić information content (AvgIpc) is 3.23. The summed E-state index contributed by atoms with van der Waals surface area (Å²) in [6.45, 7) is 2.53. The quantitative estimate of drug-likeness (QED) is 0.430. The Morgan fingerprint density at radius 1 is 0.867 bits per heavy atom. The molecule has 3 aromatic carbocycles. The zero-order valence-electron chi connectivity index (χ0n) is 16.8. The van der Waals surface area contributed by atoms with Gasteiger partial charge in [0.05, 0.1) is 0 Å². The van der Waals surface area contributed by atoms with Gasteiger partial charge in [-0.15, -0.1) is 0 Å². The maximum Gasteiger partial charge on any atom is 0.168 e. The highest BCUT2D eigenvalue weighted by Gasteiger charge is 2.38. The Kier molecular flexibility index (Phi) is 5.12. The van der Waals surface area contributed by atoms with Crippen LogP contribution < -0.4 is 0 Å². The van der Waals surface area contributed by atoms with Crippen LogP contribution in [0.3, 0.4) is 0 Å². The van der Waals surface area contributed by atoms with Crippen LogP contribution in [0.25, 0.3) is 10.8 Å². The molecule has 0 saturated carbocycles. The summed E-state index contributed by atoms with van der Waals surface area (Å²) in [4.78, 5) is 20.4. The fourth-order valence-corrected chi connectivity index (χ4v) is 4.70. The smallest absolute Gasteiger partial charge is 0.168 e. The summed E-state index contributed by atoms with van der Waals surface area (Å²) in [6.07, 6.45) is 3.60. The zero-order valence-corrected chi connectivity index (χ0v) is 16.8. The highest BCUT2D eigenvalue weighted by molar-refractivity contribution is 6.09. The van der Waals surface area contributed by atoms with Gasteiger partial charge < -0.3 is 0 Å². The molecule has 1 aliphatic heterocycles. The van der Waals surface area contributed by atoms with Gasteiger partial charge in [-0.3, -0.25) is 14.7 Å². The van der Waals surface area contributed by atoms with Gasteiger partial charge in [-0.05, 0) is 22.6 Å². The van der Waals surface area contributed by atoms with Crippen LogP contribution in [-0.2, 0) is 6.54 Å². The molecular formula is C27H24N2O. The first kappa shape index (κ1) is 18.7. The molecule has 2 heterocycles. The number of likely N-dealkylation sites (tertiary alicyclic amines) is 1. The molecule has 1 fully saturated rings. The Morgan fingerprint density at radius 2 is 1.63 bits per heavy atom. The van der Waals surface area contributed by atoms with Gasteiger partial charge in [0.1, 0.15) is 0 Å². The van der Waals surface area contributed by atoms with Crippen molar-refractivity contribution < 1.29 is 4.79 Å². The second kappa shape index (κ2) is 8.21. The van der Waals surface area contributed by atoms with Gasteiger partial charge >= 0.3 is 0 Å². The van der Waals surface area contributed by atoms with Crippen molar-refractivity contribution in [1.29, 1.82) is 0 Å². The van der Waals surface area contributed by atoms with E-state index >= 15 is 0 Å². The van der Waals surface area contributed by atoms with Crippen LogP contribution in [0.2, 0.25) is 0 Å². The van der Waals surface area contributed by atoms with Crippen LogP contribution in [0.1, 0.15) is 27.4 Å². The summed E-state index contributed by atoms with van der Waals surface area (Å²) >= 11 is 0. The molecule has 0 spiro atoms. The molecule has 4 aromatic rings. The summed E-state index contributed by atoms with van der Waals surface area (Å²) in [5.74, 6) is 0.366. The fraction of sp³-hybridized carbons (Fsp3) is 0.185. The second-order valence-electron chi connectivity index (χ2n) is 8.07. The first-order chi connectivity index (χ1) is 14.8. The molecule has 1 aromatic heterocycles. The predicted molar refractivity (Wildman–Crippen MR) is 120 cm³/mol. The molecule has 0 N–H and O–H groups in total. The van der Waals surface area contributed by atoms with Gasteiger partial charge in [0.25, 0.3) is 0 Å². The minimum absolute atomic E-state index is 0.0603. The van der Waals surface area contributed by atoms with Crippen molar-refractivity contribution in [1.82, 2.24) is 9.88 Å². The summed E-state index contributed by atoms with van der Waals surface area (Å²) in [7, 11) is 0. The van der Waals surface area contributed by atoms with E-state index in [0.29, 0.717) is 0 Å². The van der Waals surface area contributed by atoms with Crippen LogP contribution in [0, 0.1) is 5.92 Å². The van der Waals surface area contributed by atoms with E-state index in [1.807, 2.05) is 42.6 Å². The number of fused-ring (bicyclic) bond motifs is 1. The zero-order chi connectivity index (χ0) is 20.3. The van der Waals surface area contributed by atoms with Crippen molar-refractivity contribution in [2.24, 2.45) is 5.92 Å². The van der Waals surface area contributed by atoms with Crippen LogP contribution in [0.4, 0.5) is 0 Å². The van der Waals surface area contributed by atoms with Crippen LogP contribution in [-0.4, -0.2) is 28.8 Å². The van der Waals surface area contributed by atoms with Gasteiger partial charge in [-0.1, -0.05) is 78.9 Å². The topological polar surface area (TPSA) is 33.2 Å². The van der Waals surface area contributed by atoms with Gasteiger partial charge in [0, 0.05) is 54.8 Å². The Labute approximate surface area is 177 Å². The lowest BCUT2D eigenvalue weighted by Gasteiger charge is -2.18. The molecule has 3 heteroatoms. The van der Waals surface area contributed by atoms with Gasteiger partial charge in [0.2, 0.25) is 0 Å². The maximum atomic E-state index is 13.8. The van der Waals surface area contributed by atoms with E-state index < -0.39 is 0 Å². The molecule has 3 nitrogen and oxygen atoms in total. The molecule has 148 valence electrons. The van der Waals surface area contributed by atoms with Gasteiger partial charge in [0.15, 0.2) is 5.78 Å². The molecule has 1 saturated heterocycles. The number of hydrogen-bond acceptors (Lipinski definition) is 3. The predicted octanol–water partition coefficient (Wildman–Crippen LogP) is 5.33. The van der Waals surface area contributed by atoms with Crippen molar-refractivity contribution in [3.05, 3.63) is 114 Å². The van der Waals surface area contributed by atoms with Gasteiger partial charge in [-0.25, -0.2) is 0 Å². The first-order valence-electron chi connectivity index (χ1n) is 10.5. The highest BCUT2D eigenvalue weighted by atomic mass is 16.1. The summed E-state index contributed by atoms with van der Waals surface area (Å²) in [5, 5.41) is 2.00. The standard InChI is InChI=1S/C27H24N2O/c30-27(24-13-7-12-22-16-28-15-14-23(22)24)26-19-29(17-20-8-3-1-4-9-20)18-25(26)21-10-5-2-6-11-21/h1-16,25-26H,17-19H2/t25-,26+/m1/s1.